The van der Waals surface area contributed by atoms with Crippen molar-refractivity contribution < 1.29 is 17.9 Å². The summed E-state index contributed by atoms with van der Waals surface area (Å²) in [5, 5.41) is 4.10. The molecule has 0 fully saturated rings. The van der Waals surface area contributed by atoms with Crippen molar-refractivity contribution in [1.29, 1.82) is 0 Å². The van der Waals surface area contributed by atoms with Crippen molar-refractivity contribution in [2.45, 2.75) is 17.9 Å². The Balaban J connectivity index is 1.78. The molecule has 3 aromatic carbocycles. The molecule has 0 spiro atoms. The molecule has 2 N–H and O–H groups in total. The van der Waals surface area contributed by atoms with Crippen LogP contribution in [0, 0.1) is 0 Å². The molecule has 0 bridgehead atoms. The summed E-state index contributed by atoms with van der Waals surface area (Å²) in [6, 6.07) is 21.1. The maximum atomic E-state index is 13.8. The quantitative estimate of drug-likeness (QED) is 0.336. The van der Waals surface area contributed by atoms with Crippen LogP contribution in [-0.2, 0) is 10.0 Å². The molecule has 0 aliphatic heterocycles. The number of para-hydroxylation sites is 1. The summed E-state index contributed by atoms with van der Waals surface area (Å²) in [5.74, 6) is 0.135. The predicted molar refractivity (Wildman–Crippen MR) is 134 cm³/mol. The van der Waals surface area contributed by atoms with E-state index in [2.05, 4.69) is 10.3 Å². The van der Waals surface area contributed by atoms with E-state index in [1.807, 2.05) is 54.6 Å². The molecule has 0 aliphatic rings. The van der Waals surface area contributed by atoms with Gasteiger partial charge in [0.1, 0.15) is 16.7 Å². The second-order valence-corrected chi connectivity index (χ2v) is 10.1. The molecule has 0 amide bonds. The molecule has 34 heavy (non-hydrogen) atoms. The molecular weight excluding hydrogens is 450 g/mol. The fraction of sp³-hybridized carbons (Fsp3) is 0.192. The normalized spacial score (nSPS) is 12.6. The number of H-pyrrole nitrogens is 1. The highest BCUT2D eigenvalue weighted by molar-refractivity contribution is 7.89. The average Bonchev–Trinajstić information content (AvgIpc) is 3.27. The van der Waals surface area contributed by atoms with E-state index in [9.17, 15) is 13.2 Å². The minimum Gasteiger partial charge on any atom is -0.492 e. The fourth-order valence-electron chi connectivity index (χ4n) is 3.81. The van der Waals surface area contributed by atoms with Gasteiger partial charge >= 0.3 is 0 Å². The number of anilines is 1. The van der Waals surface area contributed by atoms with Gasteiger partial charge in [-0.15, -0.1) is 0 Å². The number of ketones is 1. The van der Waals surface area contributed by atoms with Crippen LogP contribution in [0.2, 0.25) is 0 Å². The van der Waals surface area contributed by atoms with E-state index in [-0.39, 0.29) is 16.4 Å². The first kappa shape index (κ1) is 23.5. The van der Waals surface area contributed by atoms with E-state index in [0.29, 0.717) is 17.9 Å². The van der Waals surface area contributed by atoms with Crippen LogP contribution in [0.5, 0.6) is 5.75 Å². The van der Waals surface area contributed by atoms with Crippen LogP contribution in [0.3, 0.4) is 0 Å². The number of aromatic amines is 1. The Morgan fingerprint density at radius 2 is 1.74 bits per heavy atom. The number of hydrogen-bond donors (Lipinski definition) is 2. The third-order valence-corrected chi connectivity index (χ3v) is 7.40. The zero-order chi connectivity index (χ0) is 24.3. The topological polar surface area (TPSA) is 91.5 Å². The number of ether oxygens (including phenoxy) is 1. The Kier molecular flexibility index (Phi) is 6.72. The van der Waals surface area contributed by atoms with Gasteiger partial charge in [0.15, 0.2) is 5.78 Å². The molecule has 0 unspecified atom stereocenters. The summed E-state index contributed by atoms with van der Waals surface area (Å²) < 4.78 is 32.6. The van der Waals surface area contributed by atoms with Gasteiger partial charge in [-0.05, 0) is 36.8 Å². The average molecular weight is 478 g/mol. The number of benzene rings is 3. The lowest BCUT2D eigenvalue weighted by Gasteiger charge is -2.21. The lowest BCUT2D eigenvalue weighted by atomic mass is 9.96. The number of rotatable bonds is 9. The van der Waals surface area contributed by atoms with Crippen LogP contribution in [0.15, 0.2) is 83.9 Å². The van der Waals surface area contributed by atoms with Crippen LogP contribution in [-0.4, -0.2) is 44.2 Å². The van der Waals surface area contributed by atoms with Crippen molar-refractivity contribution in [3.8, 4) is 5.75 Å². The molecule has 0 saturated carbocycles. The molecule has 1 atom stereocenters. The van der Waals surface area contributed by atoms with Gasteiger partial charge in [0.2, 0.25) is 10.0 Å². The first-order chi connectivity index (χ1) is 16.3. The minimum absolute atomic E-state index is 0.0377. The summed E-state index contributed by atoms with van der Waals surface area (Å²) in [6.45, 7) is 2.12. The van der Waals surface area contributed by atoms with E-state index < -0.39 is 16.1 Å². The van der Waals surface area contributed by atoms with Gasteiger partial charge in [-0.2, -0.15) is 0 Å². The van der Waals surface area contributed by atoms with E-state index in [1.54, 1.807) is 25.3 Å². The number of aromatic nitrogens is 1. The summed E-state index contributed by atoms with van der Waals surface area (Å²) in [6.07, 6.45) is 1.71. The van der Waals surface area contributed by atoms with Gasteiger partial charge in [-0.25, -0.2) is 12.7 Å². The number of Topliss-reactive ketones (excluding diaryl/α,β-unsaturated/α-hetero) is 1. The number of nitrogens with zero attached hydrogens (tertiary/aromatic N) is 1. The van der Waals surface area contributed by atoms with Crippen LogP contribution in [0.4, 0.5) is 5.69 Å². The molecule has 0 saturated heterocycles. The lowest BCUT2D eigenvalue weighted by molar-refractivity contribution is 0.0971. The number of nitrogens with one attached hydrogen (secondary N) is 2. The first-order valence-electron chi connectivity index (χ1n) is 10.9. The van der Waals surface area contributed by atoms with E-state index in [4.69, 9.17) is 4.74 Å². The van der Waals surface area contributed by atoms with E-state index >= 15 is 0 Å². The molecule has 176 valence electrons. The smallest absolute Gasteiger partial charge is 0.246 e. The van der Waals surface area contributed by atoms with Crippen LogP contribution in [0.25, 0.3) is 10.9 Å². The summed E-state index contributed by atoms with van der Waals surface area (Å²) in [7, 11) is -0.825. The number of carbonyl (C=O) groups excluding carboxylic acids is 1. The van der Waals surface area contributed by atoms with Gasteiger partial charge in [0, 0.05) is 42.4 Å². The highest BCUT2D eigenvalue weighted by Crippen LogP contribution is 2.32. The molecule has 1 heterocycles. The molecule has 4 aromatic rings. The third-order valence-electron chi connectivity index (χ3n) is 5.56. The minimum atomic E-state index is -3.77. The maximum absolute atomic E-state index is 13.8. The highest BCUT2D eigenvalue weighted by Gasteiger charge is 2.27. The zero-order valence-corrected chi connectivity index (χ0v) is 20.1. The lowest BCUT2D eigenvalue weighted by Crippen LogP contribution is -2.24. The van der Waals surface area contributed by atoms with Crippen LogP contribution >= 0.6 is 0 Å². The van der Waals surface area contributed by atoms with Crippen molar-refractivity contribution in [2.75, 3.05) is 26.0 Å². The molecule has 8 heteroatoms. The maximum Gasteiger partial charge on any atom is 0.246 e. The Bertz CT molecular complexity index is 1410. The third kappa shape index (κ3) is 4.55. The first-order valence-corrected chi connectivity index (χ1v) is 12.4. The second kappa shape index (κ2) is 9.70. The summed E-state index contributed by atoms with van der Waals surface area (Å²) in [5.41, 5.74) is 2.69. The highest BCUT2D eigenvalue weighted by atomic mass is 32.2. The summed E-state index contributed by atoms with van der Waals surface area (Å²) >= 11 is 0. The van der Waals surface area contributed by atoms with Gasteiger partial charge in [-0.1, -0.05) is 48.5 Å². The second-order valence-electron chi connectivity index (χ2n) is 7.98. The molecular formula is C26H27N3O4S. The van der Waals surface area contributed by atoms with Gasteiger partial charge in [-0.3, -0.25) is 4.79 Å². The fourth-order valence-corrected chi connectivity index (χ4v) is 4.86. The zero-order valence-electron chi connectivity index (χ0n) is 19.3. The van der Waals surface area contributed by atoms with Crippen molar-refractivity contribution in [3.05, 3.63) is 90.1 Å². The Labute approximate surface area is 199 Å². The van der Waals surface area contributed by atoms with E-state index in [1.165, 1.54) is 20.2 Å². The number of carbonyl (C=O) groups is 1. The summed E-state index contributed by atoms with van der Waals surface area (Å²) in [4.78, 5) is 16.9. The number of hydrogen-bond acceptors (Lipinski definition) is 5. The largest absolute Gasteiger partial charge is 0.492 e. The number of fused-ring (bicyclic) bond motifs is 1. The van der Waals surface area contributed by atoms with Crippen molar-refractivity contribution in [3.63, 3.8) is 0 Å². The van der Waals surface area contributed by atoms with Crippen molar-refractivity contribution in [1.82, 2.24) is 9.29 Å². The Morgan fingerprint density at radius 1 is 1.03 bits per heavy atom. The molecule has 1 aromatic heterocycles. The van der Waals surface area contributed by atoms with Crippen molar-refractivity contribution in [2.24, 2.45) is 0 Å². The van der Waals surface area contributed by atoms with Crippen LogP contribution < -0.4 is 10.1 Å². The standard InChI is InChI=1S/C26H27N3O4S/c1-4-33-23-15-14-19(16-24(23)34(31,32)29(2)3)28-25(18-10-6-5-7-11-18)26(30)21-17-27-22-13-9-8-12-20(21)22/h5-17,25,27-28H,4H2,1-3H3/t25-/m1/s1. The monoisotopic (exact) mass is 477 g/mol. The van der Waals surface area contributed by atoms with Gasteiger partial charge < -0.3 is 15.0 Å². The predicted octanol–water partition coefficient (Wildman–Crippen LogP) is 4.85. The molecule has 0 radical (unpaired) electrons. The molecule has 4 rings (SSSR count). The van der Waals surface area contributed by atoms with Crippen LogP contribution in [0.1, 0.15) is 28.9 Å². The Hall–Kier alpha value is -3.62. The van der Waals surface area contributed by atoms with Gasteiger partial charge in [0.25, 0.3) is 0 Å². The molecule has 7 nitrogen and oxygen atoms in total. The SMILES string of the molecule is CCOc1ccc(N[C@@H](C(=O)c2c[nH]c3ccccc23)c2ccccc2)cc1S(=O)(=O)N(C)C. The van der Waals surface area contributed by atoms with Gasteiger partial charge in [0.05, 0.1) is 6.61 Å². The van der Waals surface area contributed by atoms with E-state index in [0.717, 1.165) is 20.8 Å². The number of sulfonamides is 1. The molecule has 0 aliphatic carbocycles. The van der Waals surface area contributed by atoms with Crippen molar-refractivity contribution >= 4 is 32.4 Å². The Morgan fingerprint density at radius 3 is 2.44 bits per heavy atom.